The van der Waals surface area contributed by atoms with Gasteiger partial charge >= 0.3 is 0 Å². The van der Waals surface area contributed by atoms with Gasteiger partial charge in [-0.25, -0.2) is 9.97 Å². The van der Waals surface area contributed by atoms with E-state index in [0.29, 0.717) is 18.4 Å². The van der Waals surface area contributed by atoms with Crippen LogP contribution in [0, 0.1) is 12.8 Å². The lowest BCUT2D eigenvalue weighted by atomic mass is 10.0. The molecular formula is C17H24N4O2. The molecule has 1 aliphatic heterocycles. The van der Waals surface area contributed by atoms with Crippen LogP contribution >= 0.6 is 0 Å². The molecule has 0 unspecified atom stereocenters. The molecule has 0 aromatic carbocycles. The number of aryl methyl sites for hydroxylation is 1. The third kappa shape index (κ3) is 4.28. The first-order valence-corrected chi connectivity index (χ1v) is 8.22. The van der Waals surface area contributed by atoms with Crippen molar-refractivity contribution < 1.29 is 9.26 Å². The van der Waals surface area contributed by atoms with Gasteiger partial charge in [0.15, 0.2) is 5.76 Å². The zero-order valence-corrected chi connectivity index (χ0v) is 14.0. The maximum atomic E-state index is 5.45. The second-order valence-corrected chi connectivity index (χ2v) is 6.52. The first kappa shape index (κ1) is 15.9. The van der Waals surface area contributed by atoms with Crippen molar-refractivity contribution in [2.45, 2.75) is 46.1 Å². The van der Waals surface area contributed by atoms with Crippen LogP contribution in [-0.4, -0.2) is 28.3 Å². The maximum absolute atomic E-state index is 5.45. The molecule has 2 aromatic heterocycles. The lowest BCUT2D eigenvalue weighted by Gasteiger charge is -2.10. The molecule has 1 atom stereocenters. The van der Waals surface area contributed by atoms with Crippen molar-refractivity contribution in [1.29, 1.82) is 0 Å². The van der Waals surface area contributed by atoms with Gasteiger partial charge in [0.2, 0.25) is 0 Å². The van der Waals surface area contributed by atoms with E-state index >= 15 is 0 Å². The predicted octanol–water partition coefficient (Wildman–Crippen LogP) is 3.09. The van der Waals surface area contributed by atoms with Gasteiger partial charge in [0.1, 0.15) is 11.6 Å². The van der Waals surface area contributed by atoms with Gasteiger partial charge in [-0.15, -0.1) is 0 Å². The number of aromatic nitrogens is 3. The van der Waals surface area contributed by atoms with E-state index in [2.05, 4.69) is 34.3 Å². The van der Waals surface area contributed by atoms with Crippen LogP contribution in [0.4, 0.5) is 5.82 Å². The van der Waals surface area contributed by atoms with E-state index in [9.17, 15) is 0 Å². The van der Waals surface area contributed by atoms with Gasteiger partial charge in [0.05, 0.1) is 24.5 Å². The number of nitrogens with one attached hydrogen (secondary N) is 1. The summed E-state index contributed by atoms with van der Waals surface area (Å²) in [6.07, 6.45) is 1.96. The van der Waals surface area contributed by atoms with E-state index in [-0.39, 0.29) is 0 Å². The number of rotatable bonds is 6. The summed E-state index contributed by atoms with van der Waals surface area (Å²) in [5, 5.41) is 7.41. The minimum atomic E-state index is 0.375. The Balaban J connectivity index is 1.64. The average Bonchev–Trinajstić information content (AvgIpc) is 3.15. The average molecular weight is 316 g/mol. The van der Waals surface area contributed by atoms with Gasteiger partial charge in [-0.3, -0.25) is 0 Å². The maximum Gasteiger partial charge on any atom is 0.156 e. The van der Waals surface area contributed by atoms with Gasteiger partial charge in [0.25, 0.3) is 0 Å². The fraction of sp³-hybridized carbons (Fsp3) is 0.588. The second-order valence-electron chi connectivity index (χ2n) is 6.52. The predicted molar refractivity (Wildman–Crippen MR) is 87.3 cm³/mol. The lowest BCUT2D eigenvalue weighted by Crippen LogP contribution is -2.07. The molecule has 1 N–H and O–H groups in total. The quantitative estimate of drug-likeness (QED) is 0.883. The van der Waals surface area contributed by atoms with E-state index < -0.39 is 0 Å². The first-order chi connectivity index (χ1) is 11.1. The first-order valence-electron chi connectivity index (χ1n) is 8.22. The highest BCUT2D eigenvalue weighted by Gasteiger charge is 2.20. The molecule has 1 saturated heterocycles. The summed E-state index contributed by atoms with van der Waals surface area (Å²) in [6.45, 7) is 8.39. The second kappa shape index (κ2) is 7.08. The molecule has 0 amide bonds. The minimum absolute atomic E-state index is 0.375. The fourth-order valence-corrected chi connectivity index (χ4v) is 2.79. The van der Waals surface area contributed by atoms with E-state index in [1.165, 1.54) is 0 Å². The van der Waals surface area contributed by atoms with E-state index in [0.717, 1.165) is 54.8 Å². The Bertz CT molecular complexity index is 648. The smallest absolute Gasteiger partial charge is 0.156 e. The normalized spacial score (nSPS) is 17.8. The third-order valence-corrected chi connectivity index (χ3v) is 3.87. The molecule has 3 rings (SSSR count). The number of anilines is 1. The Hall–Kier alpha value is -1.95. The van der Waals surface area contributed by atoms with E-state index in [4.69, 9.17) is 9.26 Å². The van der Waals surface area contributed by atoms with Crippen LogP contribution in [0.25, 0.3) is 0 Å². The fourth-order valence-electron chi connectivity index (χ4n) is 2.79. The molecule has 0 bridgehead atoms. The molecule has 1 fully saturated rings. The van der Waals surface area contributed by atoms with Crippen molar-refractivity contribution in [1.82, 2.24) is 15.1 Å². The van der Waals surface area contributed by atoms with Crippen molar-refractivity contribution in [3.8, 4) is 0 Å². The van der Waals surface area contributed by atoms with Crippen LogP contribution < -0.4 is 5.32 Å². The van der Waals surface area contributed by atoms with Crippen molar-refractivity contribution >= 4 is 5.82 Å². The topological polar surface area (TPSA) is 73.1 Å². The highest BCUT2D eigenvalue weighted by molar-refractivity contribution is 5.37. The van der Waals surface area contributed by atoms with Crippen molar-refractivity contribution in [3.63, 3.8) is 0 Å². The number of hydrogen-bond acceptors (Lipinski definition) is 6. The van der Waals surface area contributed by atoms with Gasteiger partial charge < -0.3 is 14.6 Å². The zero-order chi connectivity index (χ0) is 16.2. The van der Waals surface area contributed by atoms with Crippen LogP contribution in [0.2, 0.25) is 0 Å². The van der Waals surface area contributed by atoms with Crippen LogP contribution in [0.3, 0.4) is 0 Å². The van der Waals surface area contributed by atoms with Gasteiger partial charge in [-0.1, -0.05) is 19.0 Å². The molecule has 1 aliphatic rings. The molecule has 124 valence electrons. The zero-order valence-electron chi connectivity index (χ0n) is 14.0. The Morgan fingerprint density at radius 1 is 1.30 bits per heavy atom. The SMILES string of the molecule is Cc1nc(NCc2cc(CC(C)C)no2)cc([C@H]2CCOC2)n1. The molecule has 0 radical (unpaired) electrons. The molecule has 0 spiro atoms. The largest absolute Gasteiger partial charge is 0.381 e. The van der Waals surface area contributed by atoms with Gasteiger partial charge in [-0.05, 0) is 25.7 Å². The molecule has 0 saturated carbocycles. The summed E-state index contributed by atoms with van der Waals surface area (Å²) in [5.41, 5.74) is 2.05. The Kier molecular flexibility index (Phi) is 4.91. The third-order valence-electron chi connectivity index (χ3n) is 3.87. The number of ether oxygens (including phenoxy) is 1. The van der Waals surface area contributed by atoms with Crippen LogP contribution in [-0.2, 0) is 17.7 Å². The standard InChI is InChI=1S/C17H24N4O2/c1-11(2)6-14-7-15(23-21-14)9-18-17-8-16(19-12(3)20-17)13-4-5-22-10-13/h7-8,11,13H,4-6,9-10H2,1-3H3,(H,18,19,20)/t13-/m0/s1. The molecular weight excluding hydrogens is 292 g/mol. The van der Waals surface area contributed by atoms with E-state index in [1.807, 2.05) is 19.1 Å². The molecule has 0 aliphatic carbocycles. The summed E-state index contributed by atoms with van der Waals surface area (Å²) in [5.74, 6) is 3.36. The van der Waals surface area contributed by atoms with Gasteiger partial charge in [-0.2, -0.15) is 0 Å². The number of nitrogens with zero attached hydrogens (tertiary/aromatic N) is 3. The van der Waals surface area contributed by atoms with Crippen molar-refractivity contribution in [2.24, 2.45) is 5.92 Å². The minimum Gasteiger partial charge on any atom is -0.381 e. The number of hydrogen-bond donors (Lipinski definition) is 1. The lowest BCUT2D eigenvalue weighted by molar-refractivity contribution is 0.193. The van der Waals surface area contributed by atoms with Crippen LogP contribution in [0.1, 0.15) is 49.2 Å². The summed E-state index contributed by atoms with van der Waals surface area (Å²) < 4.78 is 10.8. The molecule has 6 nitrogen and oxygen atoms in total. The van der Waals surface area contributed by atoms with Crippen LogP contribution in [0.15, 0.2) is 16.7 Å². The molecule has 23 heavy (non-hydrogen) atoms. The molecule has 6 heteroatoms. The monoisotopic (exact) mass is 316 g/mol. The highest BCUT2D eigenvalue weighted by atomic mass is 16.5. The molecule has 3 heterocycles. The Morgan fingerprint density at radius 3 is 2.91 bits per heavy atom. The summed E-state index contributed by atoms with van der Waals surface area (Å²) >= 11 is 0. The summed E-state index contributed by atoms with van der Waals surface area (Å²) in [4.78, 5) is 8.99. The highest BCUT2D eigenvalue weighted by Crippen LogP contribution is 2.25. The summed E-state index contributed by atoms with van der Waals surface area (Å²) in [7, 11) is 0. The van der Waals surface area contributed by atoms with Crippen molar-refractivity contribution in [2.75, 3.05) is 18.5 Å². The van der Waals surface area contributed by atoms with Crippen molar-refractivity contribution in [3.05, 3.63) is 35.1 Å². The molecule has 2 aromatic rings. The Morgan fingerprint density at radius 2 is 2.17 bits per heavy atom. The summed E-state index contributed by atoms with van der Waals surface area (Å²) in [6, 6.07) is 4.02. The van der Waals surface area contributed by atoms with E-state index in [1.54, 1.807) is 0 Å². The van der Waals surface area contributed by atoms with Crippen LogP contribution in [0.5, 0.6) is 0 Å². The van der Waals surface area contributed by atoms with Gasteiger partial charge in [0, 0.05) is 24.7 Å². The Labute approximate surface area is 136 Å².